The molecule has 39 heavy (non-hydrogen) atoms. The molecule has 3 aliphatic rings. The zero-order valence-electron chi connectivity index (χ0n) is 23.6. The first kappa shape index (κ1) is 31.0. The fraction of sp³-hybridized carbons (Fsp3) is 0.759. The van der Waals surface area contributed by atoms with Crippen molar-refractivity contribution in [1.29, 1.82) is 0 Å². The third kappa shape index (κ3) is 8.32. The molecule has 0 aromatic heterocycles. The van der Waals surface area contributed by atoms with Crippen LogP contribution in [-0.4, -0.2) is 77.0 Å². The molecule has 3 fully saturated rings. The van der Waals surface area contributed by atoms with Gasteiger partial charge in [-0.25, -0.2) is 0 Å². The number of nitrogens with one attached hydrogen (secondary N) is 2. The molecule has 0 spiro atoms. The van der Waals surface area contributed by atoms with Gasteiger partial charge < -0.3 is 31.4 Å². The Labute approximate surface area is 242 Å². The number of hydrogen-bond acceptors (Lipinski definition) is 7. The number of piperazine rings is 1. The van der Waals surface area contributed by atoms with Crippen molar-refractivity contribution in [3.63, 3.8) is 0 Å². The molecule has 1 aromatic carbocycles. The molecular weight excluding hydrogens is 534 g/mol. The Balaban J connectivity index is 1.40. The smallest absolute Gasteiger partial charge is 0.237 e. The fourth-order valence-corrected chi connectivity index (χ4v) is 8.31. The van der Waals surface area contributed by atoms with Gasteiger partial charge in [-0.2, -0.15) is 0 Å². The maximum absolute atomic E-state index is 13.7. The van der Waals surface area contributed by atoms with E-state index in [1.165, 1.54) is 0 Å². The van der Waals surface area contributed by atoms with E-state index in [2.05, 4.69) is 28.8 Å². The van der Waals surface area contributed by atoms with Gasteiger partial charge >= 0.3 is 0 Å². The van der Waals surface area contributed by atoms with Crippen LogP contribution in [0.5, 0.6) is 0 Å². The summed E-state index contributed by atoms with van der Waals surface area (Å²) in [7, 11) is 0. The predicted octanol–water partition coefficient (Wildman–Crippen LogP) is 2.92. The van der Waals surface area contributed by atoms with E-state index in [0.29, 0.717) is 29.8 Å². The van der Waals surface area contributed by atoms with Gasteiger partial charge in [0.15, 0.2) is 0 Å². The van der Waals surface area contributed by atoms with Crippen molar-refractivity contribution in [3.05, 3.63) is 34.9 Å². The Hall–Kier alpha value is -0.910. The van der Waals surface area contributed by atoms with Gasteiger partial charge in [-0.15, -0.1) is 4.31 Å². The van der Waals surface area contributed by atoms with E-state index < -0.39 is 17.4 Å². The lowest BCUT2D eigenvalue weighted by Crippen LogP contribution is -2.55. The van der Waals surface area contributed by atoms with E-state index >= 15 is 0 Å². The number of amides is 1. The van der Waals surface area contributed by atoms with Crippen LogP contribution >= 0.6 is 11.6 Å². The molecule has 1 aromatic rings. The topological polar surface area (TPSA) is 129 Å². The number of nitrogens with zero attached hydrogens (tertiary/aromatic N) is 1. The molecule has 1 saturated carbocycles. The van der Waals surface area contributed by atoms with Crippen molar-refractivity contribution < 1.29 is 14.1 Å². The number of carbonyl (C=O) groups is 1. The first-order valence-corrected chi connectivity index (χ1v) is 16.3. The summed E-state index contributed by atoms with van der Waals surface area (Å²) in [4.78, 5) is 13.7. The van der Waals surface area contributed by atoms with Crippen LogP contribution in [0.1, 0.15) is 70.3 Å². The zero-order valence-corrected chi connectivity index (χ0v) is 25.2. The van der Waals surface area contributed by atoms with Crippen LogP contribution in [0.25, 0.3) is 0 Å². The van der Waals surface area contributed by atoms with Gasteiger partial charge in [-0.3, -0.25) is 4.79 Å². The van der Waals surface area contributed by atoms with Gasteiger partial charge in [0, 0.05) is 54.6 Å². The van der Waals surface area contributed by atoms with Crippen molar-refractivity contribution in [2.75, 3.05) is 38.5 Å². The number of benzene rings is 1. The summed E-state index contributed by atoms with van der Waals surface area (Å²) in [5.41, 5.74) is 13.3. The molecule has 0 radical (unpaired) electrons. The highest BCUT2D eigenvalue weighted by atomic mass is 35.5. The van der Waals surface area contributed by atoms with Crippen molar-refractivity contribution >= 4 is 28.9 Å². The number of carbonyl (C=O) groups excluding carboxylic acids is 1. The highest BCUT2D eigenvalue weighted by Crippen LogP contribution is 2.40. The van der Waals surface area contributed by atoms with Crippen LogP contribution in [0.3, 0.4) is 0 Å². The minimum atomic E-state index is -1.03. The number of ether oxygens (including phenoxy) is 1. The number of hydrogen-bond donors (Lipinski definition) is 4. The standard InChI is InChI=1S/C29H48ClN5O3S/c1-29(2)18-22(12-16-38-29)26(21-6-9-23(30)10-7-21)27(32)28(36)34-25-5-3-4-20(25)8-11-24-19-33-14-15-35(24)39(37)17-13-31/h6-7,9-10,20,22,24-27,33H,3-5,8,11-19,31-32H2,1-2H3,(H,34,36)/t20-,22?,24+,25+,26?,27+,39?/m1/s1. The normalized spacial score (nSPS) is 30.0. The first-order valence-electron chi connectivity index (χ1n) is 14.7. The summed E-state index contributed by atoms with van der Waals surface area (Å²) in [5, 5.41) is 7.49. The highest BCUT2D eigenvalue weighted by Gasteiger charge is 2.40. The molecule has 3 unspecified atom stereocenters. The molecule has 1 aliphatic carbocycles. The lowest BCUT2D eigenvalue weighted by molar-refractivity contribution is -0.125. The summed E-state index contributed by atoms with van der Waals surface area (Å²) in [6.45, 7) is 7.81. The molecule has 2 aliphatic heterocycles. The van der Waals surface area contributed by atoms with E-state index in [1.54, 1.807) is 0 Å². The monoisotopic (exact) mass is 581 g/mol. The van der Waals surface area contributed by atoms with E-state index in [1.807, 2.05) is 24.3 Å². The Morgan fingerprint density at radius 1 is 1.28 bits per heavy atom. The van der Waals surface area contributed by atoms with Crippen molar-refractivity contribution in [1.82, 2.24) is 14.9 Å². The van der Waals surface area contributed by atoms with Crippen LogP contribution in [-0.2, 0) is 20.9 Å². The molecule has 0 bridgehead atoms. The van der Waals surface area contributed by atoms with Crippen molar-refractivity contribution in [2.24, 2.45) is 23.3 Å². The van der Waals surface area contributed by atoms with Gasteiger partial charge in [-0.1, -0.05) is 30.2 Å². The molecule has 2 heterocycles. The van der Waals surface area contributed by atoms with Crippen LogP contribution in [0.4, 0.5) is 0 Å². The highest BCUT2D eigenvalue weighted by molar-refractivity contribution is 7.89. The van der Waals surface area contributed by atoms with Crippen molar-refractivity contribution in [3.8, 4) is 0 Å². The Kier molecular flexibility index (Phi) is 11.4. The lowest BCUT2D eigenvalue weighted by atomic mass is 9.73. The molecule has 8 nitrogen and oxygen atoms in total. The van der Waals surface area contributed by atoms with E-state index in [0.717, 1.165) is 70.1 Å². The first-order chi connectivity index (χ1) is 18.7. The predicted molar refractivity (Wildman–Crippen MR) is 159 cm³/mol. The summed E-state index contributed by atoms with van der Waals surface area (Å²) in [6.07, 6.45) is 6.86. The van der Waals surface area contributed by atoms with E-state index in [4.69, 9.17) is 27.8 Å². The quantitative estimate of drug-likeness (QED) is 0.296. The Morgan fingerprint density at radius 2 is 2.05 bits per heavy atom. The molecule has 10 heteroatoms. The second-order valence-corrected chi connectivity index (χ2v) is 14.1. The second kappa shape index (κ2) is 14.3. The third-order valence-electron chi connectivity index (χ3n) is 8.90. The number of rotatable bonds is 11. The SMILES string of the molecule is CC1(C)CC(C(c2ccc(Cl)cc2)[C@H](N)C(=O)N[C@H]2CCC[C@@H]2CC[C@H]2CNCCN2[S+]([O-])CCN)CCO1. The Bertz CT molecular complexity index is 923. The summed E-state index contributed by atoms with van der Waals surface area (Å²) in [6, 6.07) is 7.50. The Morgan fingerprint density at radius 3 is 2.77 bits per heavy atom. The van der Waals surface area contributed by atoms with Crippen LogP contribution in [0.15, 0.2) is 24.3 Å². The van der Waals surface area contributed by atoms with Gasteiger partial charge in [0.25, 0.3) is 0 Å². The number of nitrogens with two attached hydrogens (primary N) is 2. The van der Waals surface area contributed by atoms with Gasteiger partial charge in [0.1, 0.15) is 5.75 Å². The average Bonchev–Trinajstić information content (AvgIpc) is 3.35. The zero-order chi connectivity index (χ0) is 28.0. The lowest BCUT2D eigenvalue weighted by Gasteiger charge is -2.41. The maximum Gasteiger partial charge on any atom is 0.237 e. The van der Waals surface area contributed by atoms with E-state index in [9.17, 15) is 9.35 Å². The molecule has 7 atom stereocenters. The molecule has 4 rings (SSSR count). The van der Waals surface area contributed by atoms with Crippen LogP contribution in [0, 0.1) is 11.8 Å². The summed E-state index contributed by atoms with van der Waals surface area (Å²) >= 11 is 5.15. The maximum atomic E-state index is 13.7. The summed E-state index contributed by atoms with van der Waals surface area (Å²) in [5.74, 6) is 0.985. The minimum Gasteiger partial charge on any atom is -0.598 e. The van der Waals surface area contributed by atoms with Crippen LogP contribution < -0.4 is 22.1 Å². The molecule has 1 amide bonds. The molecular formula is C29H48ClN5O3S. The fourth-order valence-electron chi connectivity index (χ4n) is 6.94. The van der Waals surface area contributed by atoms with Gasteiger partial charge in [0.2, 0.25) is 5.91 Å². The largest absolute Gasteiger partial charge is 0.598 e. The van der Waals surface area contributed by atoms with Crippen LogP contribution in [0.2, 0.25) is 5.02 Å². The third-order valence-corrected chi connectivity index (χ3v) is 10.7. The van der Waals surface area contributed by atoms with Crippen molar-refractivity contribution in [2.45, 2.75) is 88.4 Å². The molecule has 6 N–H and O–H groups in total. The minimum absolute atomic E-state index is 0.0684. The average molecular weight is 582 g/mol. The summed E-state index contributed by atoms with van der Waals surface area (Å²) < 4.78 is 20.8. The number of halogens is 1. The van der Waals surface area contributed by atoms with E-state index in [-0.39, 0.29) is 35.4 Å². The van der Waals surface area contributed by atoms with Gasteiger partial charge in [-0.05, 0) is 81.9 Å². The molecule has 220 valence electrons. The second-order valence-electron chi connectivity index (χ2n) is 12.2. The van der Waals surface area contributed by atoms with Gasteiger partial charge in [0.05, 0.1) is 24.2 Å². The molecule has 2 saturated heterocycles.